The average Bonchev–Trinajstić information content (AvgIpc) is 3.31. The molecule has 386 valence electrons. The van der Waals surface area contributed by atoms with E-state index in [0.717, 1.165) is 128 Å². The van der Waals surface area contributed by atoms with Crippen LogP contribution >= 0.6 is 0 Å². The van der Waals surface area contributed by atoms with Crippen LogP contribution in [0.2, 0.25) is 0 Å². The Kier molecular flexibility index (Phi) is 29.2. The Morgan fingerprint density at radius 1 is 0.500 bits per heavy atom. The highest BCUT2D eigenvalue weighted by Crippen LogP contribution is 2.52. The quantitative estimate of drug-likeness (QED) is 0.0266. The summed E-state index contributed by atoms with van der Waals surface area (Å²) >= 11 is 0. The number of hydrogen-bond acceptors (Lipinski definition) is 14. The van der Waals surface area contributed by atoms with E-state index < -0.39 is 72.9 Å². The maximum Gasteiger partial charge on any atom is 0.339 e. The first kappa shape index (κ1) is 58.1. The molecule has 14 nitrogen and oxygen atoms in total. The summed E-state index contributed by atoms with van der Waals surface area (Å²) in [6, 6.07) is 1.31. The number of benzene rings is 1. The predicted molar refractivity (Wildman–Crippen MR) is 259 cm³/mol. The minimum atomic E-state index is -1.42. The van der Waals surface area contributed by atoms with Gasteiger partial charge in [-0.15, -0.1) is 0 Å². The van der Waals surface area contributed by atoms with Gasteiger partial charge in [-0.05, 0) is 38.2 Å². The molecule has 0 unspecified atom stereocenters. The molecule has 14 heteroatoms. The standard InChI is InChI=1S/C54H86O14/c1-7-12-17-22-27-32-42(55)62-38-41-49(65-44(57)34-29-24-19-14-9-3)52(67-46(59)36-31-26-21-16-11-5)53-51(64-41)47-39(54(60)68-53)37-40(63-43(56)33-28-23-18-13-8-2)48(61-6)50(47)66-45(58)35-30-25-20-15-10-4/h37,41,49,51-53H,7-36,38H2,1-6H3/t41-,49-,51+,52+,53+/m1/s1. The van der Waals surface area contributed by atoms with Gasteiger partial charge in [0.25, 0.3) is 0 Å². The van der Waals surface area contributed by atoms with E-state index in [2.05, 4.69) is 34.6 Å². The van der Waals surface area contributed by atoms with E-state index in [1.807, 2.05) is 0 Å². The first-order valence-electron chi connectivity index (χ1n) is 26.6. The number of ether oxygens (including phenoxy) is 8. The highest BCUT2D eigenvalue weighted by molar-refractivity contribution is 5.96. The zero-order valence-electron chi connectivity index (χ0n) is 42.6. The minimum absolute atomic E-state index is 0.0374. The molecule has 0 aliphatic carbocycles. The summed E-state index contributed by atoms with van der Waals surface area (Å²) < 4.78 is 48.9. The van der Waals surface area contributed by atoms with E-state index >= 15 is 0 Å². The van der Waals surface area contributed by atoms with Gasteiger partial charge in [0, 0.05) is 37.7 Å². The normalized spacial score (nSPS) is 18.4. The summed E-state index contributed by atoms with van der Waals surface area (Å²) in [6.07, 6.45) is 16.0. The van der Waals surface area contributed by atoms with Crippen LogP contribution in [-0.2, 0) is 47.7 Å². The topological polar surface area (TPSA) is 176 Å². The Balaban J connectivity index is 2.15. The highest BCUT2D eigenvalue weighted by atomic mass is 16.7. The molecule has 2 heterocycles. The van der Waals surface area contributed by atoms with Crippen LogP contribution < -0.4 is 14.2 Å². The van der Waals surface area contributed by atoms with Crippen LogP contribution in [0.15, 0.2) is 6.07 Å². The molecule has 0 spiro atoms. The summed E-state index contributed by atoms with van der Waals surface area (Å²) in [5.74, 6) is -4.22. The maximum atomic E-state index is 14.4. The van der Waals surface area contributed by atoms with E-state index in [4.69, 9.17) is 37.9 Å². The summed E-state index contributed by atoms with van der Waals surface area (Å²) in [7, 11) is 1.33. The molecule has 0 radical (unpaired) electrons. The average molecular weight is 959 g/mol. The molecule has 68 heavy (non-hydrogen) atoms. The zero-order chi connectivity index (χ0) is 49.5. The monoisotopic (exact) mass is 959 g/mol. The molecule has 0 amide bonds. The Morgan fingerprint density at radius 2 is 0.912 bits per heavy atom. The zero-order valence-corrected chi connectivity index (χ0v) is 42.6. The fourth-order valence-corrected chi connectivity index (χ4v) is 8.70. The lowest BCUT2D eigenvalue weighted by Crippen LogP contribution is -2.61. The van der Waals surface area contributed by atoms with Crippen molar-refractivity contribution in [2.24, 2.45) is 0 Å². The van der Waals surface area contributed by atoms with Gasteiger partial charge < -0.3 is 37.9 Å². The largest absolute Gasteiger partial charge is 0.490 e. The van der Waals surface area contributed by atoms with Crippen LogP contribution in [0.5, 0.6) is 17.2 Å². The number of carbonyl (C=O) groups excluding carboxylic acids is 6. The van der Waals surface area contributed by atoms with Crippen LogP contribution in [0.3, 0.4) is 0 Å². The molecule has 0 saturated carbocycles. The summed E-state index contributed by atoms with van der Waals surface area (Å²) in [5.41, 5.74) is -0.0924. The lowest BCUT2D eigenvalue weighted by molar-refractivity contribution is -0.252. The van der Waals surface area contributed by atoms with Crippen molar-refractivity contribution in [1.82, 2.24) is 0 Å². The summed E-state index contributed by atoms with van der Waals surface area (Å²) in [6.45, 7) is 10.2. The maximum absolute atomic E-state index is 14.4. The molecule has 1 saturated heterocycles. The molecule has 1 aromatic rings. The fraction of sp³-hybridized carbons (Fsp3) is 0.778. The first-order chi connectivity index (χ1) is 33.0. The molecule has 1 fully saturated rings. The molecule has 0 bridgehead atoms. The molecule has 2 aliphatic heterocycles. The van der Waals surface area contributed by atoms with Gasteiger partial charge in [-0.1, -0.05) is 163 Å². The molecule has 2 aliphatic rings. The predicted octanol–water partition coefficient (Wildman–Crippen LogP) is 12.7. The van der Waals surface area contributed by atoms with Gasteiger partial charge in [0.1, 0.15) is 18.8 Å². The first-order valence-corrected chi connectivity index (χ1v) is 26.6. The van der Waals surface area contributed by atoms with Crippen molar-refractivity contribution >= 4 is 35.8 Å². The minimum Gasteiger partial charge on any atom is -0.490 e. The fourth-order valence-electron chi connectivity index (χ4n) is 8.70. The van der Waals surface area contributed by atoms with Gasteiger partial charge in [-0.3, -0.25) is 24.0 Å². The van der Waals surface area contributed by atoms with E-state index in [0.29, 0.717) is 32.1 Å². The Hall–Kier alpha value is -4.20. The second-order valence-electron chi connectivity index (χ2n) is 18.5. The third-order valence-corrected chi connectivity index (χ3v) is 12.6. The van der Waals surface area contributed by atoms with Crippen molar-refractivity contribution in [1.29, 1.82) is 0 Å². The SMILES string of the molecule is CCCCCCCC(=O)OC[C@H]1O[C@H]2c3c(cc(OC(=O)CCCCCCC)c(OC)c3OC(=O)CCCCCCC)C(=O)O[C@@H]2[C@@H](OC(=O)CCCCCCC)[C@@H]1OC(=O)CCCCCCC. The molecule has 5 atom stereocenters. The van der Waals surface area contributed by atoms with E-state index in [9.17, 15) is 28.8 Å². The molecule has 0 N–H and O–H groups in total. The number of rotatable bonds is 37. The third-order valence-electron chi connectivity index (χ3n) is 12.6. The number of carbonyl (C=O) groups is 6. The van der Waals surface area contributed by atoms with Crippen LogP contribution in [0.25, 0.3) is 0 Å². The lowest BCUT2D eigenvalue weighted by atomic mass is 9.85. The van der Waals surface area contributed by atoms with E-state index in [-0.39, 0.29) is 60.5 Å². The van der Waals surface area contributed by atoms with Gasteiger partial charge in [-0.2, -0.15) is 0 Å². The summed E-state index contributed by atoms with van der Waals surface area (Å²) in [4.78, 5) is 82.1. The molecule has 1 aromatic carbocycles. The number of unbranched alkanes of at least 4 members (excludes halogenated alkanes) is 20. The van der Waals surface area contributed by atoms with E-state index in [1.165, 1.54) is 13.2 Å². The van der Waals surface area contributed by atoms with Crippen molar-refractivity contribution in [3.63, 3.8) is 0 Å². The van der Waals surface area contributed by atoms with Crippen molar-refractivity contribution in [3.05, 3.63) is 17.2 Å². The molecular formula is C54H86O14. The van der Waals surface area contributed by atoms with Crippen molar-refractivity contribution in [2.75, 3.05) is 13.7 Å². The Labute approximate surface area is 407 Å². The lowest BCUT2D eigenvalue weighted by Gasteiger charge is -2.47. The van der Waals surface area contributed by atoms with Gasteiger partial charge in [0.05, 0.1) is 12.7 Å². The van der Waals surface area contributed by atoms with Crippen molar-refractivity contribution in [2.45, 2.75) is 258 Å². The van der Waals surface area contributed by atoms with Crippen LogP contribution in [0.4, 0.5) is 0 Å². The van der Waals surface area contributed by atoms with Crippen molar-refractivity contribution in [3.8, 4) is 17.2 Å². The molecule has 0 aromatic heterocycles. The second-order valence-corrected chi connectivity index (χ2v) is 18.5. The number of hydrogen-bond donors (Lipinski definition) is 0. The second kappa shape index (κ2) is 34.2. The molecule has 3 rings (SSSR count). The van der Waals surface area contributed by atoms with Crippen molar-refractivity contribution < 1.29 is 66.7 Å². The van der Waals surface area contributed by atoms with Gasteiger partial charge in [-0.25, -0.2) is 4.79 Å². The van der Waals surface area contributed by atoms with Gasteiger partial charge >= 0.3 is 35.8 Å². The number of methoxy groups -OCH3 is 1. The van der Waals surface area contributed by atoms with Crippen LogP contribution in [0.1, 0.15) is 249 Å². The Bertz CT molecular complexity index is 1670. The van der Waals surface area contributed by atoms with Crippen LogP contribution in [0, 0.1) is 0 Å². The van der Waals surface area contributed by atoms with Gasteiger partial charge in [0.15, 0.2) is 29.8 Å². The number of esters is 6. The molecular weight excluding hydrogens is 873 g/mol. The summed E-state index contributed by atoms with van der Waals surface area (Å²) in [5, 5.41) is 0. The van der Waals surface area contributed by atoms with Gasteiger partial charge in [0.2, 0.25) is 5.75 Å². The van der Waals surface area contributed by atoms with E-state index in [1.54, 1.807) is 0 Å². The third kappa shape index (κ3) is 20.4. The van der Waals surface area contributed by atoms with Crippen LogP contribution in [-0.4, -0.2) is 73.9 Å². The Morgan fingerprint density at radius 3 is 1.37 bits per heavy atom. The number of fused-ring (bicyclic) bond motifs is 3. The highest BCUT2D eigenvalue weighted by Gasteiger charge is 2.57. The smallest absolute Gasteiger partial charge is 0.339 e.